The van der Waals surface area contributed by atoms with Crippen molar-refractivity contribution >= 4 is 13.5 Å². The smallest absolute Gasteiger partial charge is 0 e. The normalized spacial score (nSPS) is 11.1. The molecule has 2 heteroatoms. The van der Waals surface area contributed by atoms with E-state index in [2.05, 4.69) is 25.7 Å². The minimum Gasteiger partial charge on any atom is -0.303 e. The summed E-state index contributed by atoms with van der Waals surface area (Å²) >= 11 is 0. The molecule has 0 amide bonds. The van der Waals surface area contributed by atoms with Gasteiger partial charge in [-0.25, -0.2) is 0 Å². The third kappa shape index (κ3) is 22.4. The van der Waals surface area contributed by atoms with Crippen LogP contribution in [0.2, 0.25) is 0 Å². The lowest BCUT2D eigenvalue weighted by Gasteiger charge is -2.22. The zero-order chi connectivity index (χ0) is 18.4. The number of hydrogen-bond donors (Lipinski definition) is 0. The van der Waals surface area contributed by atoms with Crippen LogP contribution in [0.1, 0.15) is 136 Å². The monoisotopic (exact) mass is 385 g/mol. The number of rotatable bonds is 21. The first-order chi connectivity index (χ1) is 12.3. The van der Waals surface area contributed by atoms with Crippen LogP contribution in [0.3, 0.4) is 0 Å². The Kier molecular flexibility index (Phi) is 27.8. The van der Waals surface area contributed by atoms with Crippen molar-refractivity contribution in [3.63, 3.8) is 0 Å². The Morgan fingerprint density at radius 1 is 0.346 bits per heavy atom. The summed E-state index contributed by atoms with van der Waals surface area (Å²) in [6, 6.07) is 0. The van der Waals surface area contributed by atoms with E-state index in [1.54, 1.807) is 0 Å². The Morgan fingerprint density at radius 3 is 0.846 bits per heavy atom. The average molecular weight is 386 g/mol. The van der Waals surface area contributed by atoms with Crippen LogP contribution in [0.4, 0.5) is 0 Å². The first-order valence-corrected chi connectivity index (χ1v) is 12.1. The van der Waals surface area contributed by atoms with E-state index in [0.717, 1.165) is 0 Å². The molecule has 0 saturated heterocycles. The van der Waals surface area contributed by atoms with E-state index in [9.17, 15) is 0 Å². The van der Waals surface area contributed by atoms with Gasteiger partial charge in [-0.2, -0.15) is 0 Å². The molecule has 0 unspecified atom stereocenters. The largest absolute Gasteiger partial charge is 0.303 e. The lowest BCUT2D eigenvalue weighted by molar-refractivity contribution is 0.254. The molecule has 26 heavy (non-hydrogen) atoms. The maximum atomic E-state index is 2.79. The molecule has 0 aromatic rings. The van der Waals surface area contributed by atoms with Crippen molar-refractivity contribution in [2.24, 2.45) is 0 Å². The fourth-order valence-corrected chi connectivity index (χ4v) is 3.68. The Morgan fingerprint density at radius 2 is 0.577 bits per heavy atom. The minimum atomic E-state index is 0. The number of nitrogens with zero attached hydrogens (tertiary/aromatic N) is 1. The summed E-state index contributed by atoms with van der Waals surface area (Å²) in [6.45, 7) is 11.0. The minimum absolute atomic E-state index is 0. The van der Waals surface area contributed by atoms with E-state index in [-0.39, 0.29) is 13.5 Å². The second kappa shape index (κ2) is 25.3. The molecular weight excluding hydrogens is 334 g/mol. The molecule has 158 valence electrons. The molecule has 0 N–H and O–H groups in total. The summed E-state index contributed by atoms with van der Waals surface area (Å²) in [5.74, 6) is 0. The van der Waals surface area contributed by atoms with E-state index >= 15 is 0 Å². The van der Waals surface area contributed by atoms with Gasteiger partial charge in [-0.3, -0.25) is 0 Å². The highest BCUT2D eigenvalue weighted by Gasteiger charge is 2.05. The van der Waals surface area contributed by atoms with Crippen molar-refractivity contribution in [3.05, 3.63) is 0 Å². The van der Waals surface area contributed by atoms with Crippen LogP contribution >= 0.6 is 13.5 Å². The van der Waals surface area contributed by atoms with Crippen molar-refractivity contribution in [3.8, 4) is 0 Å². The van der Waals surface area contributed by atoms with Crippen LogP contribution in [0.5, 0.6) is 0 Å². The molecule has 2 radical (unpaired) electrons. The van der Waals surface area contributed by atoms with Gasteiger partial charge < -0.3 is 4.90 Å². The maximum absolute atomic E-state index is 2.79. The van der Waals surface area contributed by atoms with E-state index < -0.39 is 0 Å². The van der Waals surface area contributed by atoms with Gasteiger partial charge in [-0.15, -0.1) is 0 Å². The first kappa shape index (κ1) is 28.5. The van der Waals surface area contributed by atoms with Crippen LogP contribution in [-0.4, -0.2) is 24.5 Å². The van der Waals surface area contributed by atoms with Crippen LogP contribution in [0.25, 0.3) is 0 Å². The summed E-state index contributed by atoms with van der Waals surface area (Å²) in [6.07, 6.45) is 25.7. The van der Waals surface area contributed by atoms with Crippen LogP contribution in [0, 0.1) is 0 Å². The van der Waals surface area contributed by atoms with Crippen molar-refractivity contribution in [2.75, 3.05) is 19.6 Å². The third-order valence-corrected chi connectivity index (χ3v) is 5.48. The Bertz CT molecular complexity index is 194. The molecule has 0 saturated carbocycles. The highest BCUT2D eigenvalue weighted by Crippen LogP contribution is 2.11. The van der Waals surface area contributed by atoms with E-state index in [1.807, 2.05) is 0 Å². The van der Waals surface area contributed by atoms with Crippen molar-refractivity contribution in [2.45, 2.75) is 136 Å². The zero-order valence-electron chi connectivity index (χ0n) is 18.7. The molecule has 0 rings (SSSR count). The Hall–Kier alpha value is 0.310. The molecule has 0 heterocycles. The molecule has 0 fully saturated rings. The van der Waals surface area contributed by atoms with Crippen molar-refractivity contribution in [1.29, 1.82) is 0 Å². The highest BCUT2D eigenvalue weighted by molar-refractivity contribution is 7.59. The van der Waals surface area contributed by atoms with Gasteiger partial charge in [-0.1, -0.05) is 117 Å². The van der Waals surface area contributed by atoms with Crippen LogP contribution in [0.15, 0.2) is 0 Å². The average Bonchev–Trinajstić information content (AvgIpc) is 2.63. The Balaban J connectivity index is 0. The predicted octanol–water partition coefficient (Wildman–Crippen LogP) is 9.02. The second-order valence-electron chi connectivity index (χ2n) is 8.14. The summed E-state index contributed by atoms with van der Waals surface area (Å²) < 4.78 is 0. The zero-order valence-corrected chi connectivity index (χ0v) is 19.5. The van der Waals surface area contributed by atoms with Gasteiger partial charge in [0.15, 0.2) is 0 Å². The Labute approximate surface area is 174 Å². The van der Waals surface area contributed by atoms with Gasteiger partial charge in [-0.05, 0) is 38.9 Å². The topological polar surface area (TPSA) is 3.24 Å². The summed E-state index contributed by atoms with van der Waals surface area (Å²) in [5, 5.41) is 0. The standard InChI is InChI=1S/C24H51N.S/c1-4-7-10-13-16-19-22-25(23-20-17-14-11-8-5-2)24-21-18-15-12-9-6-3;/h4-24H2,1-3H3;. The molecule has 0 atom stereocenters. The van der Waals surface area contributed by atoms with Gasteiger partial charge in [0.05, 0.1) is 0 Å². The molecule has 0 aliphatic carbocycles. The molecular formula is C24H51NS. The van der Waals surface area contributed by atoms with Crippen LogP contribution < -0.4 is 0 Å². The molecule has 0 aliphatic rings. The lowest BCUT2D eigenvalue weighted by Crippen LogP contribution is -2.27. The summed E-state index contributed by atoms with van der Waals surface area (Å²) in [7, 11) is 0. The summed E-state index contributed by atoms with van der Waals surface area (Å²) in [5.41, 5.74) is 0. The second-order valence-corrected chi connectivity index (χ2v) is 8.14. The fourth-order valence-electron chi connectivity index (χ4n) is 3.68. The molecule has 0 aromatic heterocycles. The quantitative estimate of drug-likeness (QED) is 0.178. The van der Waals surface area contributed by atoms with E-state index in [1.165, 1.54) is 135 Å². The predicted molar refractivity (Wildman–Crippen MR) is 124 cm³/mol. The van der Waals surface area contributed by atoms with E-state index in [4.69, 9.17) is 0 Å². The van der Waals surface area contributed by atoms with Gasteiger partial charge in [0.1, 0.15) is 0 Å². The fraction of sp³-hybridized carbons (Fsp3) is 1.00. The maximum Gasteiger partial charge on any atom is 0 e. The van der Waals surface area contributed by atoms with Crippen LogP contribution in [-0.2, 0) is 0 Å². The first-order valence-electron chi connectivity index (χ1n) is 12.1. The van der Waals surface area contributed by atoms with Gasteiger partial charge in [0.25, 0.3) is 0 Å². The molecule has 0 aromatic carbocycles. The number of hydrogen-bond acceptors (Lipinski definition) is 1. The molecule has 1 nitrogen and oxygen atoms in total. The molecule has 0 spiro atoms. The van der Waals surface area contributed by atoms with Gasteiger partial charge in [0.2, 0.25) is 0 Å². The molecule has 0 aliphatic heterocycles. The lowest BCUT2D eigenvalue weighted by atomic mass is 10.1. The SMILES string of the molecule is CCCCCCCCN(CCCCCCCC)CCCCCCCC.[S]. The summed E-state index contributed by atoms with van der Waals surface area (Å²) in [4.78, 5) is 2.79. The van der Waals surface area contributed by atoms with Gasteiger partial charge >= 0.3 is 0 Å². The highest BCUT2D eigenvalue weighted by atomic mass is 32.1. The van der Waals surface area contributed by atoms with Gasteiger partial charge in [0, 0.05) is 13.5 Å². The third-order valence-electron chi connectivity index (χ3n) is 5.48. The number of unbranched alkanes of at least 4 members (excludes halogenated alkanes) is 15. The van der Waals surface area contributed by atoms with E-state index in [0.29, 0.717) is 0 Å². The molecule has 0 bridgehead atoms. The van der Waals surface area contributed by atoms with Crippen molar-refractivity contribution in [1.82, 2.24) is 4.90 Å². The van der Waals surface area contributed by atoms with Crippen molar-refractivity contribution < 1.29 is 0 Å².